The van der Waals surface area contributed by atoms with Crippen molar-refractivity contribution in [3.05, 3.63) is 12.5 Å². The highest BCUT2D eigenvalue weighted by molar-refractivity contribution is 4.82. The number of nitrogens with zero attached hydrogens (tertiary/aromatic N) is 1. The number of ether oxygens (including phenoxy) is 1. The first-order valence-electron chi connectivity index (χ1n) is 3.60. The van der Waals surface area contributed by atoms with Crippen LogP contribution in [0.1, 0.15) is 20.8 Å². The first-order chi connectivity index (χ1) is 4.58. The van der Waals surface area contributed by atoms with Crippen molar-refractivity contribution in [1.29, 1.82) is 0 Å². The molecule has 0 bridgehead atoms. The summed E-state index contributed by atoms with van der Waals surface area (Å²) in [4.78, 5) is 2.17. The Bertz CT molecular complexity index is 135. The molecular weight excluding hydrogens is 126 g/mol. The molecule has 0 amide bonds. The van der Waals surface area contributed by atoms with Gasteiger partial charge in [0.2, 0.25) is 0 Å². The van der Waals surface area contributed by atoms with Crippen LogP contribution in [0.3, 0.4) is 0 Å². The lowest BCUT2D eigenvalue weighted by Gasteiger charge is -2.24. The largest absolute Gasteiger partial charge is 0.479 e. The van der Waals surface area contributed by atoms with E-state index in [1.807, 2.05) is 6.20 Å². The molecule has 0 atom stereocenters. The Hall–Kier alpha value is -0.660. The third-order valence-electron chi connectivity index (χ3n) is 1.29. The molecule has 0 N–H and O–H groups in total. The van der Waals surface area contributed by atoms with Gasteiger partial charge in [0.05, 0.1) is 0 Å². The van der Waals surface area contributed by atoms with Crippen molar-refractivity contribution >= 4 is 0 Å². The summed E-state index contributed by atoms with van der Waals surface area (Å²) in [5, 5.41) is 0. The van der Waals surface area contributed by atoms with E-state index in [1.54, 1.807) is 6.26 Å². The normalized spacial score (nSPS) is 17.7. The van der Waals surface area contributed by atoms with Gasteiger partial charge in [0.25, 0.3) is 0 Å². The fourth-order valence-corrected chi connectivity index (χ4v) is 1.02. The minimum Gasteiger partial charge on any atom is -0.479 e. The summed E-state index contributed by atoms with van der Waals surface area (Å²) in [5.74, 6) is 0. The predicted octanol–water partition coefficient (Wildman–Crippen LogP) is 1.79. The van der Waals surface area contributed by atoms with E-state index in [1.165, 1.54) is 0 Å². The lowest BCUT2D eigenvalue weighted by molar-refractivity contribution is 0.140. The number of hydrogen-bond acceptors (Lipinski definition) is 2. The standard InChI is InChI=1S/C8H15NO/c1-8(2,3)6-9-4-5-10-7-9/h4-5H,6-7H2,1-3H3. The molecule has 0 saturated carbocycles. The molecule has 0 aromatic carbocycles. The summed E-state index contributed by atoms with van der Waals surface area (Å²) in [7, 11) is 0. The molecule has 1 rings (SSSR count). The van der Waals surface area contributed by atoms with E-state index in [9.17, 15) is 0 Å². The molecule has 0 aromatic rings. The summed E-state index contributed by atoms with van der Waals surface area (Å²) in [5.41, 5.74) is 0.359. The van der Waals surface area contributed by atoms with Gasteiger partial charge in [-0.1, -0.05) is 20.8 Å². The van der Waals surface area contributed by atoms with Crippen molar-refractivity contribution in [2.24, 2.45) is 5.41 Å². The molecule has 0 unspecified atom stereocenters. The van der Waals surface area contributed by atoms with Gasteiger partial charge in [0.1, 0.15) is 6.26 Å². The highest BCUT2D eigenvalue weighted by Crippen LogP contribution is 2.16. The first kappa shape index (κ1) is 7.45. The van der Waals surface area contributed by atoms with Crippen molar-refractivity contribution in [3.63, 3.8) is 0 Å². The molecule has 0 radical (unpaired) electrons. The van der Waals surface area contributed by atoms with Crippen molar-refractivity contribution in [3.8, 4) is 0 Å². The van der Waals surface area contributed by atoms with E-state index in [2.05, 4.69) is 25.7 Å². The van der Waals surface area contributed by atoms with Gasteiger partial charge in [-0.05, 0) is 5.41 Å². The quantitative estimate of drug-likeness (QED) is 0.552. The van der Waals surface area contributed by atoms with Crippen molar-refractivity contribution in [1.82, 2.24) is 4.90 Å². The third kappa shape index (κ3) is 2.29. The fraction of sp³-hybridized carbons (Fsp3) is 0.750. The lowest BCUT2D eigenvalue weighted by atomic mass is 9.96. The van der Waals surface area contributed by atoms with E-state index < -0.39 is 0 Å². The zero-order chi connectivity index (χ0) is 7.61. The average molecular weight is 141 g/mol. The molecule has 0 saturated heterocycles. The molecule has 0 aromatic heterocycles. The Balaban J connectivity index is 2.31. The van der Waals surface area contributed by atoms with Crippen LogP contribution in [0.4, 0.5) is 0 Å². The second-order valence-corrected chi connectivity index (χ2v) is 3.89. The highest BCUT2D eigenvalue weighted by Gasteiger charge is 2.15. The van der Waals surface area contributed by atoms with E-state index in [0.29, 0.717) is 5.41 Å². The maximum Gasteiger partial charge on any atom is 0.160 e. The Kier molecular flexibility index (Phi) is 1.88. The van der Waals surface area contributed by atoms with Crippen LogP contribution in [-0.2, 0) is 4.74 Å². The van der Waals surface area contributed by atoms with Crippen LogP contribution in [0, 0.1) is 5.41 Å². The van der Waals surface area contributed by atoms with Crippen LogP contribution < -0.4 is 0 Å². The SMILES string of the molecule is CC(C)(C)CN1C=COC1. The number of hydrogen-bond donors (Lipinski definition) is 0. The van der Waals surface area contributed by atoms with Crippen molar-refractivity contribution < 1.29 is 4.74 Å². The van der Waals surface area contributed by atoms with Gasteiger partial charge in [-0.25, -0.2) is 0 Å². The summed E-state index contributed by atoms with van der Waals surface area (Å²) in [6, 6.07) is 0. The van der Waals surface area contributed by atoms with E-state index in [-0.39, 0.29) is 0 Å². The van der Waals surface area contributed by atoms with E-state index >= 15 is 0 Å². The van der Waals surface area contributed by atoms with Crippen LogP contribution in [-0.4, -0.2) is 18.2 Å². The molecule has 2 heteroatoms. The molecule has 0 aliphatic carbocycles. The molecule has 58 valence electrons. The fourth-order valence-electron chi connectivity index (χ4n) is 1.02. The van der Waals surface area contributed by atoms with Crippen LogP contribution >= 0.6 is 0 Å². The molecule has 10 heavy (non-hydrogen) atoms. The highest BCUT2D eigenvalue weighted by atomic mass is 16.5. The molecule has 1 heterocycles. The maximum atomic E-state index is 5.05. The topological polar surface area (TPSA) is 12.5 Å². The van der Waals surface area contributed by atoms with Crippen molar-refractivity contribution in [2.45, 2.75) is 20.8 Å². The Morgan fingerprint density at radius 2 is 2.20 bits per heavy atom. The Labute approximate surface area is 62.5 Å². The summed E-state index contributed by atoms with van der Waals surface area (Å²) in [6.07, 6.45) is 3.73. The smallest absolute Gasteiger partial charge is 0.160 e. The Morgan fingerprint density at radius 3 is 2.60 bits per heavy atom. The van der Waals surface area contributed by atoms with Crippen LogP contribution in [0.25, 0.3) is 0 Å². The van der Waals surface area contributed by atoms with Crippen LogP contribution in [0.5, 0.6) is 0 Å². The van der Waals surface area contributed by atoms with Gasteiger partial charge in [-0.2, -0.15) is 0 Å². The predicted molar refractivity (Wildman–Crippen MR) is 41.3 cm³/mol. The second kappa shape index (κ2) is 2.52. The maximum absolute atomic E-state index is 5.05. The van der Waals surface area contributed by atoms with Gasteiger partial charge in [0.15, 0.2) is 6.73 Å². The third-order valence-corrected chi connectivity index (χ3v) is 1.29. The van der Waals surface area contributed by atoms with E-state index in [0.717, 1.165) is 13.3 Å². The Morgan fingerprint density at radius 1 is 1.50 bits per heavy atom. The first-order valence-corrected chi connectivity index (χ1v) is 3.60. The van der Waals surface area contributed by atoms with Gasteiger partial charge >= 0.3 is 0 Å². The summed E-state index contributed by atoms with van der Waals surface area (Å²) < 4.78 is 5.05. The molecular formula is C8H15NO. The molecule has 1 aliphatic heterocycles. The zero-order valence-electron chi connectivity index (χ0n) is 6.92. The molecule has 1 aliphatic rings. The monoisotopic (exact) mass is 141 g/mol. The zero-order valence-corrected chi connectivity index (χ0v) is 6.92. The van der Waals surface area contributed by atoms with Gasteiger partial charge in [-0.3, -0.25) is 0 Å². The molecule has 0 fully saturated rings. The minimum atomic E-state index is 0.359. The summed E-state index contributed by atoms with van der Waals surface area (Å²) >= 11 is 0. The van der Waals surface area contributed by atoms with Gasteiger partial charge in [-0.15, -0.1) is 0 Å². The van der Waals surface area contributed by atoms with Gasteiger partial charge in [0, 0.05) is 12.7 Å². The lowest BCUT2D eigenvalue weighted by Crippen LogP contribution is -2.27. The minimum absolute atomic E-state index is 0.359. The molecule has 0 spiro atoms. The van der Waals surface area contributed by atoms with Crippen LogP contribution in [0.2, 0.25) is 0 Å². The second-order valence-electron chi connectivity index (χ2n) is 3.89. The van der Waals surface area contributed by atoms with Crippen LogP contribution in [0.15, 0.2) is 12.5 Å². The van der Waals surface area contributed by atoms with Gasteiger partial charge < -0.3 is 9.64 Å². The number of rotatable bonds is 1. The summed E-state index contributed by atoms with van der Waals surface area (Å²) in [6.45, 7) is 8.44. The molecule has 2 nitrogen and oxygen atoms in total. The average Bonchev–Trinajstić information content (AvgIpc) is 2.12. The van der Waals surface area contributed by atoms with Crippen molar-refractivity contribution in [2.75, 3.05) is 13.3 Å². The van der Waals surface area contributed by atoms with E-state index in [4.69, 9.17) is 4.74 Å².